The highest BCUT2D eigenvalue weighted by molar-refractivity contribution is 5.85. The van der Waals surface area contributed by atoms with Crippen LogP contribution in [-0.2, 0) is 10.9 Å². The lowest BCUT2D eigenvalue weighted by Crippen LogP contribution is -2.17. The van der Waals surface area contributed by atoms with Gasteiger partial charge in [-0.1, -0.05) is 5.16 Å². The van der Waals surface area contributed by atoms with Crippen LogP contribution in [0.4, 0.5) is 23.7 Å². The smallest absolute Gasteiger partial charge is 0.447 e. The topological polar surface area (TPSA) is 77.2 Å². The summed E-state index contributed by atoms with van der Waals surface area (Å²) in [6.07, 6.45) is -5.58. The Hall–Kier alpha value is -2.58. The molecule has 2 rings (SSSR count). The number of nitrogens with zero attached hydrogens (tertiary/aromatic N) is 2. The molecule has 1 N–H and O–H groups in total. The van der Waals surface area contributed by atoms with Crippen LogP contribution in [0.25, 0.3) is 11.4 Å². The molecule has 0 saturated heterocycles. The number of rotatable bonds is 3. The van der Waals surface area contributed by atoms with Crippen molar-refractivity contribution in [3.8, 4) is 11.4 Å². The van der Waals surface area contributed by atoms with E-state index in [0.29, 0.717) is 11.3 Å². The standard InChI is InChI=1S/C13H12F3N3O3/c1-7(2)21-12(20)17-9-5-3-8(4-6-9)10-18-11(22-19-10)13(14,15)16/h3-7H,1-2H3,(H,17,20). The molecule has 0 saturated carbocycles. The van der Waals surface area contributed by atoms with Crippen molar-refractivity contribution in [1.29, 1.82) is 0 Å². The van der Waals surface area contributed by atoms with Crippen LogP contribution in [-0.4, -0.2) is 22.3 Å². The van der Waals surface area contributed by atoms with Gasteiger partial charge in [-0.15, -0.1) is 0 Å². The molecule has 2 aromatic rings. The maximum absolute atomic E-state index is 12.4. The van der Waals surface area contributed by atoms with Crippen molar-refractivity contribution >= 4 is 11.8 Å². The second-order valence-electron chi connectivity index (χ2n) is 4.58. The van der Waals surface area contributed by atoms with Crippen LogP contribution in [0.15, 0.2) is 28.8 Å². The number of aromatic nitrogens is 2. The third-order valence-electron chi connectivity index (χ3n) is 2.40. The number of carbonyl (C=O) groups excluding carboxylic acids is 1. The first-order valence-electron chi connectivity index (χ1n) is 6.24. The summed E-state index contributed by atoms with van der Waals surface area (Å²) in [5, 5.41) is 5.74. The van der Waals surface area contributed by atoms with Crippen molar-refractivity contribution < 1.29 is 27.2 Å². The third kappa shape index (κ3) is 3.96. The van der Waals surface area contributed by atoms with Crippen LogP contribution >= 0.6 is 0 Å². The molecule has 6 nitrogen and oxygen atoms in total. The van der Waals surface area contributed by atoms with E-state index in [9.17, 15) is 18.0 Å². The van der Waals surface area contributed by atoms with Gasteiger partial charge in [-0.2, -0.15) is 18.2 Å². The predicted molar refractivity (Wildman–Crippen MR) is 70.0 cm³/mol. The molecule has 0 aliphatic rings. The number of amides is 1. The van der Waals surface area contributed by atoms with Gasteiger partial charge in [0.05, 0.1) is 6.10 Å². The molecule has 0 fully saturated rings. The molecule has 9 heteroatoms. The highest BCUT2D eigenvalue weighted by atomic mass is 19.4. The number of hydrogen-bond acceptors (Lipinski definition) is 5. The van der Waals surface area contributed by atoms with E-state index in [1.54, 1.807) is 13.8 Å². The molecule has 1 amide bonds. The summed E-state index contributed by atoms with van der Waals surface area (Å²) in [5.41, 5.74) is 0.746. The second kappa shape index (κ2) is 6.04. The summed E-state index contributed by atoms with van der Waals surface area (Å²) < 4.78 is 46.2. The first-order chi connectivity index (χ1) is 10.3. The fourth-order valence-electron chi connectivity index (χ4n) is 1.52. The van der Waals surface area contributed by atoms with Crippen LogP contribution in [0, 0.1) is 0 Å². The summed E-state index contributed by atoms with van der Waals surface area (Å²) in [5.74, 6) is -1.60. The Kier molecular flexibility index (Phi) is 4.34. The van der Waals surface area contributed by atoms with Gasteiger partial charge in [0.1, 0.15) is 0 Å². The average Bonchev–Trinajstić information content (AvgIpc) is 2.88. The van der Waals surface area contributed by atoms with Crippen molar-refractivity contribution in [3.05, 3.63) is 30.2 Å². The van der Waals surface area contributed by atoms with Crippen molar-refractivity contribution in [2.75, 3.05) is 5.32 Å². The lowest BCUT2D eigenvalue weighted by Gasteiger charge is -2.09. The van der Waals surface area contributed by atoms with Crippen LogP contribution in [0.2, 0.25) is 0 Å². The zero-order valence-electron chi connectivity index (χ0n) is 11.6. The molecule has 1 aromatic carbocycles. The largest absolute Gasteiger partial charge is 0.471 e. The molecule has 22 heavy (non-hydrogen) atoms. The van der Waals surface area contributed by atoms with Gasteiger partial charge in [0.2, 0.25) is 5.82 Å². The number of nitrogens with one attached hydrogen (secondary N) is 1. The van der Waals surface area contributed by atoms with Gasteiger partial charge < -0.3 is 9.26 Å². The first-order valence-corrected chi connectivity index (χ1v) is 6.24. The second-order valence-corrected chi connectivity index (χ2v) is 4.58. The van der Waals surface area contributed by atoms with Gasteiger partial charge in [-0.3, -0.25) is 5.32 Å². The third-order valence-corrected chi connectivity index (χ3v) is 2.40. The Bertz CT molecular complexity index is 651. The number of alkyl halides is 3. The van der Waals surface area contributed by atoms with Crippen LogP contribution in [0.3, 0.4) is 0 Å². The minimum absolute atomic E-state index is 0.191. The molecule has 0 bridgehead atoms. The van der Waals surface area contributed by atoms with E-state index in [-0.39, 0.29) is 11.9 Å². The average molecular weight is 315 g/mol. The molecule has 0 aliphatic carbocycles. The van der Waals surface area contributed by atoms with E-state index >= 15 is 0 Å². The van der Waals surface area contributed by atoms with Gasteiger partial charge in [0.15, 0.2) is 0 Å². The summed E-state index contributed by atoms with van der Waals surface area (Å²) in [6, 6.07) is 5.88. The summed E-state index contributed by atoms with van der Waals surface area (Å²) in [7, 11) is 0. The van der Waals surface area contributed by atoms with Crippen LogP contribution in [0.1, 0.15) is 19.7 Å². The zero-order chi connectivity index (χ0) is 16.3. The quantitative estimate of drug-likeness (QED) is 0.934. The lowest BCUT2D eigenvalue weighted by atomic mass is 10.2. The van der Waals surface area contributed by atoms with Crippen molar-refractivity contribution in [1.82, 2.24) is 10.1 Å². The highest BCUT2D eigenvalue weighted by Crippen LogP contribution is 2.29. The predicted octanol–water partition coefficient (Wildman–Crippen LogP) is 3.71. The van der Waals surface area contributed by atoms with Gasteiger partial charge in [-0.05, 0) is 38.1 Å². The molecular weight excluding hydrogens is 303 g/mol. The van der Waals surface area contributed by atoms with Crippen LogP contribution < -0.4 is 5.32 Å². The fourth-order valence-corrected chi connectivity index (χ4v) is 1.52. The number of hydrogen-bond donors (Lipinski definition) is 1. The van der Waals surface area contributed by atoms with E-state index < -0.39 is 18.2 Å². The van der Waals surface area contributed by atoms with Crippen LogP contribution in [0.5, 0.6) is 0 Å². The number of halogens is 3. The van der Waals surface area contributed by atoms with Crippen molar-refractivity contribution in [2.45, 2.75) is 26.1 Å². The zero-order valence-corrected chi connectivity index (χ0v) is 11.6. The summed E-state index contributed by atoms with van der Waals surface area (Å²) >= 11 is 0. The minimum atomic E-state index is -4.69. The first kappa shape index (κ1) is 15.8. The lowest BCUT2D eigenvalue weighted by molar-refractivity contribution is -0.159. The molecule has 1 heterocycles. The molecule has 0 unspecified atom stereocenters. The van der Waals surface area contributed by atoms with E-state index in [2.05, 4.69) is 20.0 Å². The van der Waals surface area contributed by atoms with Crippen molar-refractivity contribution in [3.63, 3.8) is 0 Å². The number of benzene rings is 1. The Labute approximate surface area is 123 Å². The molecular formula is C13H12F3N3O3. The van der Waals surface area contributed by atoms with Gasteiger partial charge in [0.25, 0.3) is 0 Å². The maximum atomic E-state index is 12.4. The van der Waals surface area contributed by atoms with E-state index in [4.69, 9.17) is 4.74 Å². The molecule has 0 radical (unpaired) electrons. The van der Waals surface area contributed by atoms with E-state index in [1.807, 2.05) is 0 Å². The molecule has 118 valence electrons. The van der Waals surface area contributed by atoms with Crippen molar-refractivity contribution in [2.24, 2.45) is 0 Å². The Morgan fingerprint density at radius 2 is 1.91 bits per heavy atom. The fraction of sp³-hybridized carbons (Fsp3) is 0.308. The van der Waals surface area contributed by atoms with Gasteiger partial charge in [-0.25, -0.2) is 4.79 Å². The molecule has 1 aromatic heterocycles. The van der Waals surface area contributed by atoms with Gasteiger partial charge >= 0.3 is 18.2 Å². The Morgan fingerprint density at radius 1 is 1.27 bits per heavy atom. The minimum Gasteiger partial charge on any atom is -0.447 e. The SMILES string of the molecule is CC(C)OC(=O)Nc1ccc(-c2noc(C(F)(F)F)n2)cc1. The summed E-state index contributed by atoms with van der Waals surface area (Å²) in [4.78, 5) is 14.7. The molecule has 0 aliphatic heterocycles. The van der Waals surface area contributed by atoms with Gasteiger partial charge in [0, 0.05) is 11.3 Å². The Morgan fingerprint density at radius 3 is 2.41 bits per heavy atom. The Balaban J connectivity index is 2.09. The maximum Gasteiger partial charge on any atom is 0.471 e. The van der Waals surface area contributed by atoms with E-state index in [0.717, 1.165) is 0 Å². The monoisotopic (exact) mass is 315 g/mol. The van der Waals surface area contributed by atoms with E-state index in [1.165, 1.54) is 24.3 Å². The number of anilines is 1. The highest BCUT2D eigenvalue weighted by Gasteiger charge is 2.38. The normalized spacial score (nSPS) is 11.5. The number of carbonyl (C=O) groups is 1. The molecule has 0 spiro atoms. The summed E-state index contributed by atoms with van der Waals surface area (Å²) in [6.45, 7) is 3.41. The number of ether oxygens (including phenoxy) is 1. The molecule has 0 atom stereocenters.